The summed E-state index contributed by atoms with van der Waals surface area (Å²) in [7, 11) is -3.38. The van der Waals surface area contributed by atoms with Gasteiger partial charge in [0.05, 0.1) is 0 Å². The van der Waals surface area contributed by atoms with E-state index in [1.807, 2.05) is 45.0 Å². The Labute approximate surface area is 178 Å². The zero-order valence-corrected chi connectivity index (χ0v) is 19.0. The Balaban J connectivity index is 1.89. The minimum atomic E-state index is -3.38. The van der Waals surface area contributed by atoms with Crippen molar-refractivity contribution in [2.24, 2.45) is 4.99 Å². The number of thiophene rings is 1. The fraction of sp³-hybridized carbons (Fsp3) is 0.500. The van der Waals surface area contributed by atoms with E-state index in [9.17, 15) is 8.42 Å². The highest BCUT2D eigenvalue weighted by Crippen LogP contribution is 2.25. The molecule has 9 heteroatoms. The van der Waals surface area contributed by atoms with Gasteiger partial charge in [-0.25, -0.2) is 8.42 Å². The van der Waals surface area contributed by atoms with E-state index in [2.05, 4.69) is 20.6 Å². The van der Waals surface area contributed by atoms with Crippen LogP contribution in [-0.2, 0) is 22.9 Å². The summed E-state index contributed by atoms with van der Waals surface area (Å²) in [5.41, 5.74) is 1.04. The van der Waals surface area contributed by atoms with Crippen LogP contribution in [0.5, 0.6) is 0 Å². The fourth-order valence-corrected chi connectivity index (χ4v) is 5.75. The van der Waals surface area contributed by atoms with Gasteiger partial charge in [0.1, 0.15) is 4.21 Å². The minimum absolute atomic E-state index is 0.403. The Morgan fingerprint density at radius 1 is 1.10 bits per heavy atom. The van der Waals surface area contributed by atoms with E-state index >= 15 is 0 Å². The molecule has 0 unspecified atom stereocenters. The lowest BCUT2D eigenvalue weighted by atomic mass is 10.3. The van der Waals surface area contributed by atoms with E-state index in [4.69, 9.17) is 0 Å². The molecule has 0 bridgehead atoms. The molecule has 7 nitrogen and oxygen atoms in total. The van der Waals surface area contributed by atoms with Crippen molar-refractivity contribution in [3.8, 4) is 0 Å². The summed E-state index contributed by atoms with van der Waals surface area (Å²) in [5.74, 6) is 0.760. The number of nitrogens with zero attached hydrogens (tertiary/aromatic N) is 3. The van der Waals surface area contributed by atoms with E-state index < -0.39 is 10.0 Å². The maximum absolute atomic E-state index is 12.6. The lowest BCUT2D eigenvalue weighted by Crippen LogP contribution is -2.38. The van der Waals surface area contributed by atoms with Gasteiger partial charge in [-0.2, -0.15) is 4.31 Å². The van der Waals surface area contributed by atoms with Crippen LogP contribution < -0.4 is 10.6 Å². The summed E-state index contributed by atoms with van der Waals surface area (Å²) in [5, 5.41) is 6.55. The first-order chi connectivity index (χ1) is 14.0. The van der Waals surface area contributed by atoms with Crippen molar-refractivity contribution in [2.45, 2.75) is 37.8 Å². The zero-order chi connectivity index (χ0) is 21.1. The standard InChI is InChI=1S/C20H31N5O2S2/c1-4-21-20(23-15-12-17-9-7-8-14-22-17)24-16-13-18-10-11-19(28-18)29(26,27)25(5-2)6-3/h7-11,14H,4-6,12-13,15-16H2,1-3H3,(H2,21,23,24). The topological polar surface area (TPSA) is 86.7 Å². The first-order valence-corrected chi connectivity index (χ1v) is 12.3. The number of rotatable bonds is 11. The number of nitrogens with one attached hydrogen (secondary N) is 2. The average molecular weight is 438 g/mol. The highest BCUT2D eigenvalue weighted by Gasteiger charge is 2.23. The lowest BCUT2D eigenvalue weighted by molar-refractivity contribution is 0.447. The van der Waals surface area contributed by atoms with Crippen molar-refractivity contribution in [1.29, 1.82) is 0 Å². The molecule has 2 heterocycles. The first-order valence-electron chi connectivity index (χ1n) is 10.0. The number of hydrogen-bond acceptors (Lipinski definition) is 5. The molecular formula is C20H31N5O2S2. The number of guanidine groups is 1. The Hall–Kier alpha value is -1.97. The van der Waals surface area contributed by atoms with E-state index in [-0.39, 0.29) is 0 Å². The number of aromatic nitrogens is 1. The molecule has 2 aromatic rings. The third-order valence-electron chi connectivity index (χ3n) is 4.31. The molecule has 2 N–H and O–H groups in total. The van der Waals surface area contributed by atoms with Gasteiger partial charge in [0.25, 0.3) is 10.0 Å². The molecule has 0 fully saturated rings. The van der Waals surface area contributed by atoms with Gasteiger partial charge in [-0.3, -0.25) is 9.98 Å². The van der Waals surface area contributed by atoms with Gasteiger partial charge >= 0.3 is 0 Å². The van der Waals surface area contributed by atoms with Crippen LogP contribution in [0.25, 0.3) is 0 Å². The van der Waals surface area contributed by atoms with Crippen molar-refractivity contribution in [1.82, 2.24) is 19.9 Å². The van der Waals surface area contributed by atoms with Crippen LogP contribution in [0.15, 0.2) is 45.7 Å². The number of pyridine rings is 1. The summed E-state index contributed by atoms with van der Waals surface area (Å²) in [4.78, 5) is 9.94. The largest absolute Gasteiger partial charge is 0.357 e. The molecule has 0 atom stereocenters. The molecule has 2 rings (SSSR count). The molecule has 0 aliphatic carbocycles. The van der Waals surface area contributed by atoms with Crippen LogP contribution in [0.4, 0.5) is 0 Å². The molecule has 0 amide bonds. The zero-order valence-electron chi connectivity index (χ0n) is 17.4. The van der Waals surface area contributed by atoms with Crippen molar-refractivity contribution in [3.05, 3.63) is 47.1 Å². The molecule has 0 aliphatic rings. The SMILES string of the molecule is CCNC(=NCCc1ccc(S(=O)(=O)N(CC)CC)s1)NCCc1ccccn1. The van der Waals surface area contributed by atoms with Gasteiger partial charge in [0.15, 0.2) is 5.96 Å². The van der Waals surface area contributed by atoms with Crippen LogP contribution >= 0.6 is 11.3 Å². The van der Waals surface area contributed by atoms with Crippen LogP contribution in [0.3, 0.4) is 0 Å². The van der Waals surface area contributed by atoms with E-state index in [1.54, 1.807) is 12.3 Å². The number of hydrogen-bond donors (Lipinski definition) is 2. The van der Waals surface area contributed by atoms with Crippen molar-refractivity contribution >= 4 is 27.3 Å². The van der Waals surface area contributed by atoms with Crippen LogP contribution in [0.2, 0.25) is 0 Å². The molecular weight excluding hydrogens is 406 g/mol. The summed E-state index contributed by atoms with van der Waals surface area (Å²) in [6, 6.07) is 9.49. The molecule has 0 radical (unpaired) electrons. The molecule has 0 aliphatic heterocycles. The maximum atomic E-state index is 12.6. The van der Waals surface area contributed by atoms with Crippen molar-refractivity contribution in [2.75, 3.05) is 32.7 Å². The Morgan fingerprint density at radius 3 is 2.55 bits per heavy atom. The van der Waals surface area contributed by atoms with Gasteiger partial charge in [0, 0.05) is 62.3 Å². The molecule has 0 aromatic carbocycles. The Morgan fingerprint density at radius 2 is 1.90 bits per heavy atom. The minimum Gasteiger partial charge on any atom is -0.357 e. The Bertz CT molecular complexity index is 862. The highest BCUT2D eigenvalue weighted by molar-refractivity contribution is 7.91. The smallest absolute Gasteiger partial charge is 0.252 e. The third kappa shape index (κ3) is 7.09. The molecule has 0 saturated heterocycles. The molecule has 0 spiro atoms. The fourth-order valence-electron chi connectivity index (χ4n) is 2.80. The van der Waals surface area contributed by atoms with Crippen LogP contribution in [-0.4, -0.2) is 56.4 Å². The van der Waals surface area contributed by atoms with E-state index in [1.165, 1.54) is 15.6 Å². The molecule has 0 saturated carbocycles. The predicted octanol–water partition coefficient (Wildman–Crippen LogP) is 2.51. The second-order valence-corrected chi connectivity index (χ2v) is 9.65. The van der Waals surface area contributed by atoms with Gasteiger partial charge in [-0.1, -0.05) is 19.9 Å². The van der Waals surface area contributed by atoms with Crippen LogP contribution in [0.1, 0.15) is 31.3 Å². The third-order valence-corrected chi connectivity index (χ3v) is 7.97. The quantitative estimate of drug-likeness (QED) is 0.417. The summed E-state index contributed by atoms with van der Waals surface area (Å²) >= 11 is 1.33. The summed E-state index contributed by atoms with van der Waals surface area (Å²) in [6.07, 6.45) is 3.32. The maximum Gasteiger partial charge on any atom is 0.252 e. The van der Waals surface area contributed by atoms with E-state index in [0.29, 0.717) is 30.3 Å². The number of sulfonamides is 1. The normalized spacial score (nSPS) is 12.3. The first kappa shape index (κ1) is 23.3. The monoisotopic (exact) mass is 437 g/mol. The van der Waals surface area contributed by atoms with Gasteiger partial charge in [-0.15, -0.1) is 11.3 Å². The van der Waals surface area contributed by atoms with Gasteiger partial charge in [0.2, 0.25) is 0 Å². The number of aliphatic imine (C=N–C) groups is 1. The average Bonchev–Trinajstić information content (AvgIpc) is 3.19. The van der Waals surface area contributed by atoms with Crippen molar-refractivity contribution in [3.63, 3.8) is 0 Å². The van der Waals surface area contributed by atoms with E-state index in [0.717, 1.165) is 36.0 Å². The van der Waals surface area contributed by atoms with Gasteiger partial charge < -0.3 is 10.6 Å². The highest BCUT2D eigenvalue weighted by atomic mass is 32.2. The van der Waals surface area contributed by atoms with Crippen LogP contribution in [0, 0.1) is 0 Å². The van der Waals surface area contributed by atoms with Gasteiger partial charge in [-0.05, 0) is 31.2 Å². The second-order valence-electron chi connectivity index (χ2n) is 6.32. The summed E-state index contributed by atoms with van der Waals surface area (Å²) in [6.45, 7) is 8.80. The predicted molar refractivity (Wildman–Crippen MR) is 120 cm³/mol. The molecule has 160 valence electrons. The van der Waals surface area contributed by atoms with Crippen molar-refractivity contribution < 1.29 is 8.42 Å². The molecule has 29 heavy (non-hydrogen) atoms. The summed E-state index contributed by atoms with van der Waals surface area (Å²) < 4.78 is 27.1. The molecule has 2 aromatic heterocycles. The second kappa shape index (κ2) is 11.9. The Kier molecular flexibility index (Phi) is 9.56. The lowest BCUT2D eigenvalue weighted by Gasteiger charge is -2.16.